The molecule has 2 aromatic rings. The van der Waals surface area contributed by atoms with Gasteiger partial charge in [-0.05, 0) is 42.5 Å². The van der Waals surface area contributed by atoms with E-state index in [2.05, 4.69) is 48.7 Å². The van der Waals surface area contributed by atoms with Crippen LogP contribution in [0.25, 0.3) is 0 Å². The van der Waals surface area contributed by atoms with Crippen LogP contribution in [0, 0.1) is 6.92 Å². The SMILES string of the molecule is CC(=NNC(=O)CNc1ccc(C)cc1)c1ccc(C(C)(C)C)cc1. The number of nitrogens with one attached hydrogen (secondary N) is 2. The smallest absolute Gasteiger partial charge is 0.259 e. The molecule has 132 valence electrons. The molecule has 0 unspecified atom stereocenters. The van der Waals surface area contributed by atoms with Crippen molar-refractivity contribution < 1.29 is 4.79 Å². The van der Waals surface area contributed by atoms with E-state index in [1.165, 1.54) is 11.1 Å². The Morgan fingerprint density at radius 2 is 1.60 bits per heavy atom. The van der Waals surface area contributed by atoms with Gasteiger partial charge in [-0.15, -0.1) is 0 Å². The molecule has 0 saturated heterocycles. The van der Waals surface area contributed by atoms with E-state index >= 15 is 0 Å². The molecule has 2 aromatic carbocycles. The first-order valence-corrected chi connectivity index (χ1v) is 8.50. The minimum atomic E-state index is -0.175. The molecule has 2 N–H and O–H groups in total. The Balaban J connectivity index is 1.89. The molecule has 0 aromatic heterocycles. The molecule has 0 aliphatic rings. The summed E-state index contributed by atoms with van der Waals surface area (Å²) in [5.41, 5.74) is 7.88. The van der Waals surface area contributed by atoms with Gasteiger partial charge in [0, 0.05) is 5.69 Å². The molecule has 0 bridgehead atoms. The fraction of sp³-hybridized carbons (Fsp3) is 0.333. The van der Waals surface area contributed by atoms with E-state index in [4.69, 9.17) is 0 Å². The van der Waals surface area contributed by atoms with Crippen molar-refractivity contribution in [3.8, 4) is 0 Å². The number of hydrogen-bond donors (Lipinski definition) is 2. The van der Waals surface area contributed by atoms with Gasteiger partial charge in [0.25, 0.3) is 5.91 Å². The van der Waals surface area contributed by atoms with Gasteiger partial charge in [0.2, 0.25) is 0 Å². The number of aryl methyl sites for hydroxylation is 1. The van der Waals surface area contributed by atoms with Crippen molar-refractivity contribution in [2.24, 2.45) is 5.10 Å². The quantitative estimate of drug-likeness (QED) is 0.633. The molecule has 1 amide bonds. The highest BCUT2D eigenvalue weighted by atomic mass is 16.2. The Morgan fingerprint density at radius 1 is 1.00 bits per heavy atom. The topological polar surface area (TPSA) is 53.5 Å². The minimum Gasteiger partial charge on any atom is -0.376 e. The maximum Gasteiger partial charge on any atom is 0.259 e. The summed E-state index contributed by atoms with van der Waals surface area (Å²) in [6, 6.07) is 16.2. The van der Waals surface area contributed by atoms with E-state index in [0.717, 1.165) is 17.0 Å². The number of hydrogen-bond acceptors (Lipinski definition) is 3. The van der Waals surface area contributed by atoms with Crippen LogP contribution in [0.15, 0.2) is 53.6 Å². The summed E-state index contributed by atoms with van der Waals surface area (Å²) in [6.07, 6.45) is 0. The molecule has 0 saturated carbocycles. The lowest BCUT2D eigenvalue weighted by molar-refractivity contribution is -0.119. The second-order valence-electron chi connectivity index (χ2n) is 7.28. The molecule has 0 spiro atoms. The zero-order valence-electron chi connectivity index (χ0n) is 15.7. The second kappa shape index (κ2) is 7.97. The van der Waals surface area contributed by atoms with Gasteiger partial charge < -0.3 is 5.32 Å². The Labute approximate surface area is 150 Å². The molecule has 0 radical (unpaired) electrons. The summed E-state index contributed by atoms with van der Waals surface area (Å²) in [4.78, 5) is 11.9. The monoisotopic (exact) mass is 337 g/mol. The summed E-state index contributed by atoms with van der Waals surface area (Å²) in [5, 5.41) is 7.27. The van der Waals surface area contributed by atoms with Crippen molar-refractivity contribution in [1.82, 2.24) is 5.43 Å². The molecule has 0 fully saturated rings. The Morgan fingerprint density at radius 3 is 2.16 bits per heavy atom. The van der Waals surface area contributed by atoms with E-state index in [9.17, 15) is 4.79 Å². The van der Waals surface area contributed by atoms with Gasteiger partial charge in [0.05, 0.1) is 12.3 Å². The largest absolute Gasteiger partial charge is 0.376 e. The van der Waals surface area contributed by atoms with Crippen LogP contribution < -0.4 is 10.7 Å². The van der Waals surface area contributed by atoms with E-state index in [-0.39, 0.29) is 17.9 Å². The fourth-order valence-corrected chi connectivity index (χ4v) is 2.32. The third-order valence-corrected chi connectivity index (χ3v) is 4.02. The minimum absolute atomic E-state index is 0.124. The molecule has 25 heavy (non-hydrogen) atoms. The molecule has 4 heteroatoms. The van der Waals surface area contributed by atoms with Crippen molar-refractivity contribution >= 4 is 17.3 Å². The summed E-state index contributed by atoms with van der Waals surface area (Å²) in [5.74, 6) is -0.175. The summed E-state index contributed by atoms with van der Waals surface area (Å²) >= 11 is 0. The lowest BCUT2D eigenvalue weighted by atomic mass is 9.86. The lowest BCUT2D eigenvalue weighted by Gasteiger charge is -2.19. The Bertz CT molecular complexity index is 738. The number of nitrogens with zero attached hydrogens (tertiary/aromatic N) is 1. The first kappa shape index (κ1) is 18.7. The average Bonchev–Trinajstić information content (AvgIpc) is 2.58. The third-order valence-electron chi connectivity index (χ3n) is 4.02. The number of hydrazone groups is 1. The highest BCUT2D eigenvalue weighted by molar-refractivity contribution is 5.99. The second-order valence-corrected chi connectivity index (χ2v) is 7.28. The van der Waals surface area contributed by atoms with Crippen LogP contribution in [-0.4, -0.2) is 18.2 Å². The van der Waals surface area contributed by atoms with Gasteiger partial charge in [-0.3, -0.25) is 4.79 Å². The first-order chi connectivity index (χ1) is 11.8. The molecular weight excluding hydrogens is 310 g/mol. The zero-order chi connectivity index (χ0) is 18.4. The number of rotatable bonds is 5. The van der Waals surface area contributed by atoms with Gasteiger partial charge in [-0.25, -0.2) is 5.43 Å². The van der Waals surface area contributed by atoms with Gasteiger partial charge in [0.15, 0.2) is 0 Å². The first-order valence-electron chi connectivity index (χ1n) is 8.50. The van der Waals surface area contributed by atoms with Gasteiger partial charge in [-0.1, -0.05) is 62.7 Å². The van der Waals surface area contributed by atoms with Crippen LogP contribution in [0.3, 0.4) is 0 Å². The number of amides is 1. The predicted molar refractivity (Wildman–Crippen MR) is 105 cm³/mol. The lowest BCUT2D eigenvalue weighted by Crippen LogP contribution is -2.26. The molecule has 2 rings (SSSR count). The molecule has 4 nitrogen and oxygen atoms in total. The number of benzene rings is 2. The standard InChI is InChI=1S/C21H27N3O/c1-15-6-12-19(13-7-15)22-14-20(25)24-23-16(2)17-8-10-18(11-9-17)21(3,4)5/h6-13,22H,14H2,1-5H3,(H,24,25). The van der Waals surface area contributed by atoms with Crippen LogP contribution in [0.4, 0.5) is 5.69 Å². The normalized spacial score (nSPS) is 12.0. The summed E-state index contributed by atoms with van der Waals surface area (Å²) < 4.78 is 0. The van der Waals surface area contributed by atoms with Crippen LogP contribution in [-0.2, 0) is 10.2 Å². The maximum atomic E-state index is 11.9. The van der Waals surface area contributed by atoms with Crippen molar-refractivity contribution in [2.45, 2.75) is 40.0 Å². The number of anilines is 1. The van der Waals surface area contributed by atoms with Gasteiger partial charge >= 0.3 is 0 Å². The Kier molecular flexibility index (Phi) is 5.97. The average molecular weight is 337 g/mol. The predicted octanol–water partition coefficient (Wildman–Crippen LogP) is 4.24. The zero-order valence-corrected chi connectivity index (χ0v) is 15.7. The van der Waals surface area contributed by atoms with Crippen LogP contribution >= 0.6 is 0 Å². The maximum absolute atomic E-state index is 11.9. The van der Waals surface area contributed by atoms with E-state index in [1.54, 1.807) is 0 Å². The van der Waals surface area contributed by atoms with Gasteiger partial charge in [-0.2, -0.15) is 5.10 Å². The van der Waals surface area contributed by atoms with Gasteiger partial charge in [0.1, 0.15) is 0 Å². The highest BCUT2D eigenvalue weighted by Crippen LogP contribution is 2.22. The molecule has 0 aliphatic heterocycles. The van der Waals surface area contributed by atoms with Crippen molar-refractivity contribution in [3.63, 3.8) is 0 Å². The van der Waals surface area contributed by atoms with E-state index in [1.807, 2.05) is 50.2 Å². The molecule has 0 heterocycles. The van der Waals surface area contributed by atoms with Crippen LogP contribution in [0.1, 0.15) is 44.4 Å². The fourth-order valence-electron chi connectivity index (χ4n) is 2.32. The Hall–Kier alpha value is -2.62. The number of carbonyl (C=O) groups is 1. The van der Waals surface area contributed by atoms with Crippen molar-refractivity contribution in [1.29, 1.82) is 0 Å². The van der Waals surface area contributed by atoms with E-state index < -0.39 is 0 Å². The van der Waals surface area contributed by atoms with Crippen molar-refractivity contribution in [3.05, 3.63) is 65.2 Å². The third kappa shape index (κ3) is 5.75. The van der Waals surface area contributed by atoms with Crippen molar-refractivity contribution in [2.75, 3.05) is 11.9 Å². The molecular formula is C21H27N3O. The summed E-state index contributed by atoms with van der Waals surface area (Å²) in [7, 11) is 0. The summed E-state index contributed by atoms with van der Waals surface area (Å²) in [6.45, 7) is 10.7. The number of carbonyl (C=O) groups excluding carboxylic acids is 1. The highest BCUT2D eigenvalue weighted by Gasteiger charge is 2.13. The van der Waals surface area contributed by atoms with Crippen LogP contribution in [0.2, 0.25) is 0 Å². The molecule has 0 atom stereocenters. The van der Waals surface area contributed by atoms with Crippen LogP contribution in [0.5, 0.6) is 0 Å². The molecule has 0 aliphatic carbocycles. The van der Waals surface area contributed by atoms with E-state index in [0.29, 0.717) is 0 Å².